The van der Waals surface area contributed by atoms with Crippen LogP contribution in [0.5, 0.6) is 0 Å². The van der Waals surface area contributed by atoms with Crippen molar-refractivity contribution in [3.63, 3.8) is 0 Å². The molecule has 0 bridgehead atoms. The summed E-state index contributed by atoms with van der Waals surface area (Å²) in [6.07, 6.45) is 1.63. The van der Waals surface area contributed by atoms with Crippen molar-refractivity contribution in [3.8, 4) is 0 Å². The van der Waals surface area contributed by atoms with E-state index in [9.17, 15) is 9.59 Å². The van der Waals surface area contributed by atoms with Gasteiger partial charge < -0.3 is 19.7 Å². The molecule has 3 aliphatic heterocycles. The minimum Gasteiger partial charge on any atom is -0.444 e. The first-order valence-electron chi connectivity index (χ1n) is 7.89. The van der Waals surface area contributed by atoms with E-state index in [1.54, 1.807) is 4.90 Å². The Bertz CT molecular complexity index is 525. The molecule has 2 amide bonds. The van der Waals surface area contributed by atoms with E-state index in [0.717, 1.165) is 18.4 Å². The van der Waals surface area contributed by atoms with Crippen LogP contribution in [-0.4, -0.2) is 54.3 Å². The van der Waals surface area contributed by atoms with E-state index in [1.165, 1.54) is 5.57 Å². The van der Waals surface area contributed by atoms with Gasteiger partial charge >= 0.3 is 6.09 Å². The number of hydrogen-bond acceptors (Lipinski definition) is 4. The lowest BCUT2D eigenvalue weighted by molar-refractivity contribution is -0.121. The maximum absolute atomic E-state index is 12.1. The van der Waals surface area contributed by atoms with E-state index < -0.39 is 5.60 Å². The van der Waals surface area contributed by atoms with Crippen LogP contribution in [0.15, 0.2) is 11.1 Å². The summed E-state index contributed by atoms with van der Waals surface area (Å²) >= 11 is 0. The topological polar surface area (TPSA) is 67.9 Å². The lowest BCUT2D eigenvalue weighted by Gasteiger charge is -2.41. The van der Waals surface area contributed by atoms with Crippen LogP contribution in [0.3, 0.4) is 0 Å². The Balaban J connectivity index is 1.66. The summed E-state index contributed by atoms with van der Waals surface area (Å²) in [7, 11) is 0. The molecule has 6 heteroatoms. The van der Waals surface area contributed by atoms with Crippen LogP contribution in [0.4, 0.5) is 4.79 Å². The number of fused-ring (bicyclic) bond motifs is 1. The van der Waals surface area contributed by atoms with Crippen molar-refractivity contribution < 1.29 is 19.1 Å². The first kappa shape index (κ1) is 15.3. The van der Waals surface area contributed by atoms with Gasteiger partial charge in [0.25, 0.3) is 0 Å². The quantitative estimate of drug-likeness (QED) is 0.690. The monoisotopic (exact) mass is 308 g/mol. The molecule has 1 spiro atoms. The van der Waals surface area contributed by atoms with Crippen LogP contribution < -0.4 is 5.32 Å². The zero-order chi connectivity index (χ0) is 16.0. The molecule has 0 aliphatic carbocycles. The molecule has 0 radical (unpaired) electrons. The molecule has 3 aliphatic rings. The Morgan fingerprint density at radius 2 is 2.00 bits per heavy atom. The van der Waals surface area contributed by atoms with Gasteiger partial charge in [-0.25, -0.2) is 4.79 Å². The molecular weight excluding hydrogens is 284 g/mol. The molecule has 3 rings (SSSR count). The van der Waals surface area contributed by atoms with Gasteiger partial charge in [-0.1, -0.05) is 0 Å². The average Bonchev–Trinajstić information content (AvgIpc) is 2.76. The van der Waals surface area contributed by atoms with Gasteiger partial charge in [0.15, 0.2) is 0 Å². The van der Waals surface area contributed by atoms with E-state index >= 15 is 0 Å². The number of ether oxygens (including phenoxy) is 2. The zero-order valence-corrected chi connectivity index (χ0v) is 13.5. The molecule has 122 valence electrons. The first-order chi connectivity index (χ1) is 10.3. The largest absolute Gasteiger partial charge is 0.444 e. The van der Waals surface area contributed by atoms with Gasteiger partial charge in [0, 0.05) is 19.6 Å². The second kappa shape index (κ2) is 5.26. The van der Waals surface area contributed by atoms with Gasteiger partial charge in [0.2, 0.25) is 5.91 Å². The molecule has 1 fully saturated rings. The van der Waals surface area contributed by atoms with Gasteiger partial charge in [0.1, 0.15) is 5.60 Å². The number of likely N-dealkylation sites (tertiary alicyclic amines) is 1. The summed E-state index contributed by atoms with van der Waals surface area (Å²) in [5.74, 6) is 0.0678. The van der Waals surface area contributed by atoms with Crippen LogP contribution in [0.1, 0.15) is 40.0 Å². The van der Waals surface area contributed by atoms with Gasteiger partial charge in [-0.2, -0.15) is 0 Å². The molecular formula is C16H24N2O4. The Morgan fingerprint density at radius 1 is 1.32 bits per heavy atom. The van der Waals surface area contributed by atoms with Gasteiger partial charge in [-0.05, 0) is 44.8 Å². The highest BCUT2D eigenvalue weighted by Gasteiger charge is 2.46. The maximum atomic E-state index is 12.1. The Morgan fingerprint density at radius 3 is 2.64 bits per heavy atom. The number of piperidine rings is 1. The molecule has 0 aromatic heterocycles. The predicted molar refractivity (Wildman–Crippen MR) is 80.4 cm³/mol. The number of amides is 2. The van der Waals surface area contributed by atoms with Crippen LogP contribution in [0.25, 0.3) is 0 Å². The number of carbonyl (C=O) groups is 2. The average molecular weight is 308 g/mol. The second-order valence-electron chi connectivity index (χ2n) is 7.29. The molecule has 3 heterocycles. The van der Waals surface area contributed by atoms with Crippen LogP contribution in [0, 0.1) is 0 Å². The molecule has 1 N–H and O–H groups in total. The van der Waals surface area contributed by atoms with Crippen molar-refractivity contribution in [1.29, 1.82) is 0 Å². The summed E-state index contributed by atoms with van der Waals surface area (Å²) in [6.45, 7) is 8.02. The van der Waals surface area contributed by atoms with Crippen molar-refractivity contribution in [2.75, 3.05) is 26.2 Å². The fourth-order valence-corrected chi connectivity index (χ4v) is 3.42. The van der Waals surface area contributed by atoms with E-state index in [2.05, 4.69) is 5.32 Å². The highest BCUT2D eigenvalue weighted by molar-refractivity contribution is 5.81. The lowest BCUT2D eigenvalue weighted by atomic mass is 9.80. The number of rotatable bonds is 0. The fraction of sp³-hybridized carbons (Fsp3) is 0.750. The highest BCUT2D eigenvalue weighted by Crippen LogP contribution is 2.42. The van der Waals surface area contributed by atoms with Crippen LogP contribution in [-0.2, 0) is 14.3 Å². The normalized spacial score (nSPS) is 24.3. The molecule has 1 saturated heterocycles. The third-order valence-electron chi connectivity index (χ3n) is 4.56. The molecule has 6 nitrogen and oxygen atoms in total. The summed E-state index contributed by atoms with van der Waals surface area (Å²) in [6, 6.07) is 0. The molecule has 0 unspecified atom stereocenters. The van der Waals surface area contributed by atoms with Crippen LogP contribution in [0.2, 0.25) is 0 Å². The molecule has 0 atom stereocenters. The lowest BCUT2D eigenvalue weighted by Crippen LogP contribution is -2.49. The number of nitrogens with zero attached hydrogens (tertiary/aromatic N) is 1. The highest BCUT2D eigenvalue weighted by atomic mass is 16.6. The molecule has 0 aromatic rings. The maximum Gasteiger partial charge on any atom is 0.410 e. The summed E-state index contributed by atoms with van der Waals surface area (Å²) in [5, 5.41) is 2.87. The van der Waals surface area contributed by atoms with Crippen molar-refractivity contribution in [2.24, 2.45) is 0 Å². The van der Waals surface area contributed by atoms with Gasteiger partial charge in [0.05, 0.1) is 18.6 Å². The van der Waals surface area contributed by atoms with E-state index in [0.29, 0.717) is 32.7 Å². The Labute approximate surface area is 130 Å². The van der Waals surface area contributed by atoms with Gasteiger partial charge in [-0.3, -0.25) is 4.79 Å². The minimum atomic E-state index is -0.479. The Hall–Kier alpha value is -1.56. The second-order valence-corrected chi connectivity index (χ2v) is 7.29. The zero-order valence-electron chi connectivity index (χ0n) is 13.5. The third-order valence-corrected chi connectivity index (χ3v) is 4.56. The smallest absolute Gasteiger partial charge is 0.410 e. The van der Waals surface area contributed by atoms with E-state index in [1.807, 2.05) is 20.8 Å². The Kier molecular flexibility index (Phi) is 3.67. The number of hydrogen-bond donors (Lipinski definition) is 1. The fourth-order valence-electron chi connectivity index (χ4n) is 3.42. The number of carbonyl (C=O) groups excluding carboxylic acids is 2. The molecule has 22 heavy (non-hydrogen) atoms. The van der Waals surface area contributed by atoms with E-state index in [-0.39, 0.29) is 17.6 Å². The third kappa shape index (κ3) is 2.84. The summed E-state index contributed by atoms with van der Waals surface area (Å²) in [5.41, 5.74) is 1.55. The van der Waals surface area contributed by atoms with Crippen LogP contribution >= 0.6 is 0 Å². The summed E-state index contributed by atoms with van der Waals surface area (Å²) in [4.78, 5) is 25.6. The summed E-state index contributed by atoms with van der Waals surface area (Å²) < 4.78 is 11.5. The standard InChI is InChI=1S/C16H24N2O4/c1-15(2,3)22-14(20)18-6-4-16(5-7-18)12-8-13(19)17-9-11(12)10-21-16/h4-10H2,1-3H3,(H,17,19). The SMILES string of the molecule is CC(C)(C)OC(=O)N1CCC2(CC1)OCC1=C2CC(=O)NC1. The van der Waals surface area contributed by atoms with Crippen molar-refractivity contribution in [2.45, 2.75) is 51.2 Å². The predicted octanol–water partition coefficient (Wildman–Crippen LogP) is 1.60. The van der Waals surface area contributed by atoms with E-state index in [4.69, 9.17) is 9.47 Å². The van der Waals surface area contributed by atoms with Crippen molar-refractivity contribution >= 4 is 12.0 Å². The minimum absolute atomic E-state index is 0.0678. The molecule has 0 aromatic carbocycles. The van der Waals surface area contributed by atoms with Crippen molar-refractivity contribution in [3.05, 3.63) is 11.1 Å². The van der Waals surface area contributed by atoms with Crippen molar-refractivity contribution in [1.82, 2.24) is 10.2 Å². The van der Waals surface area contributed by atoms with Gasteiger partial charge in [-0.15, -0.1) is 0 Å². The number of nitrogens with one attached hydrogen (secondary N) is 1. The first-order valence-corrected chi connectivity index (χ1v) is 7.89. The molecule has 0 saturated carbocycles.